The highest BCUT2D eigenvalue weighted by atomic mass is 15.2. The molecule has 0 spiro atoms. The second-order valence-electron chi connectivity index (χ2n) is 14.2. The van der Waals surface area contributed by atoms with Crippen LogP contribution < -0.4 is 4.90 Å². The Kier molecular flexibility index (Phi) is 7.46. The van der Waals surface area contributed by atoms with Crippen LogP contribution in [0.3, 0.4) is 0 Å². The quantitative estimate of drug-likeness (QED) is 0.178. The third kappa shape index (κ3) is 5.15. The fourth-order valence-corrected chi connectivity index (χ4v) is 8.53. The maximum Gasteiger partial charge on any atom is 0.0780 e. The number of para-hydroxylation sites is 4. The molecule has 0 unspecified atom stereocenters. The summed E-state index contributed by atoms with van der Waals surface area (Å²) in [5.41, 5.74) is 18.3. The van der Waals surface area contributed by atoms with Crippen LogP contribution in [0.15, 0.2) is 207 Å². The lowest BCUT2D eigenvalue weighted by molar-refractivity contribution is 1.13. The Labute approximate surface area is 325 Å². The van der Waals surface area contributed by atoms with Crippen LogP contribution in [-0.2, 0) is 0 Å². The van der Waals surface area contributed by atoms with Crippen molar-refractivity contribution < 1.29 is 0 Å². The number of hydrogen-bond donors (Lipinski definition) is 0. The predicted molar refractivity (Wildman–Crippen MR) is 232 cm³/mol. The first-order valence-corrected chi connectivity index (χ1v) is 19.0. The van der Waals surface area contributed by atoms with Crippen LogP contribution in [0.1, 0.15) is 0 Å². The van der Waals surface area contributed by atoms with E-state index in [1.54, 1.807) is 0 Å². The van der Waals surface area contributed by atoms with Gasteiger partial charge >= 0.3 is 0 Å². The largest absolute Gasteiger partial charge is 0.309 e. The standard InChI is InChI=1S/C52H34N4/c1-4-20-47-44(16-1)50-45-17-2-5-21-48(45)56(42-29-25-36(26-30-42)43-19-8-11-37-14-10-32-54-51(37)43)52(50)46-18-3-6-22-49(46)55(47)41-27-23-35(24-28-41)38-12-7-13-39(33-38)40-15-9-31-53-34-40/h1-34H. The Balaban J connectivity index is 1.07. The van der Waals surface area contributed by atoms with Gasteiger partial charge in [0.1, 0.15) is 0 Å². The third-order valence-electron chi connectivity index (χ3n) is 11.1. The van der Waals surface area contributed by atoms with Gasteiger partial charge in [0, 0.05) is 68.6 Å². The second kappa shape index (κ2) is 13.1. The number of aromatic nitrogens is 3. The molecule has 4 nitrogen and oxygen atoms in total. The van der Waals surface area contributed by atoms with E-state index in [1.165, 1.54) is 44.4 Å². The van der Waals surface area contributed by atoms with Crippen LogP contribution in [0.5, 0.6) is 0 Å². The molecule has 7 aromatic carbocycles. The minimum absolute atomic E-state index is 1.01. The molecule has 0 saturated heterocycles. The molecular formula is C52H34N4. The molecule has 262 valence electrons. The van der Waals surface area contributed by atoms with E-state index in [-0.39, 0.29) is 0 Å². The van der Waals surface area contributed by atoms with Gasteiger partial charge in [0.05, 0.1) is 28.1 Å². The van der Waals surface area contributed by atoms with Gasteiger partial charge in [-0.3, -0.25) is 9.97 Å². The van der Waals surface area contributed by atoms with E-state index in [2.05, 4.69) is 190 Å². The topological polar surface area (TPSA) is 34.0 Å². The molecule has 56 heavy (non-hydrogen) atoms. The van der Waals surface area contributed by atoms with Gasteiger partial charge in [-0.05, 0) is 82.9 Å². The molecular weight excluding hydrogens is 681 g/mol. The highest BCUT2D eigenvalue weighted by Gasteiger charge is 2.31. The van der Waals surface area contributed by atoms with Gasteiger partial charge in [-0.2, -0.15) is 0 Å². The van der Waals surface area contributed by atoms with Crippen molar-refractivity contribution in [3.8, 4) is 61.5 Å². The highest BCUT2D eigenvalue weighted by molar-refractivity contribution is 6.13. The molecule has 0 N–H and O–H groups in total. The summed E-state index contributed by atoms with van der Waals surface area (Å²) < 4.78 is 2.45. The van der Waals surface area contributed by atoms with E-state index in [0.717, 1.165) is 55.9 Å². The van der Waals surface area contributed by atoms with E-state index in [9.17, 15) is 0 Å². The number of nitrogens with zero attached hydrogens (tertiary/aromatic N) is 4. The molecule has 4 heterocycles. The number of anilines is 3. The van der Waals surface area contributed by atoms with Crippen molar-refractivity contribution in [3.05, 3.63) is 207 Å². The summed E-state index contributed by atoms with van der Waals surface area (Å²) in [5, 5.41) is 2.36. The Bertz CT molecular complexity index is 3070. The van der Waals surface area contributed by atoms with Gasteiger partial charge in [-0.15, -0.1) is 0 Å². The van der Waals surface area contributed by atoms with Crippen LogP contribution in [0, 0.1) is 0 Å². The zero-order valence-corrected chi connectivity index (χ0v) is 30.4. The van der Waals surface area contributed by atoms with E-state index >= 15 is 0 Å². The van der Waals surface area contributed by atoms with Crippen LogP contribution in [0.25, 0.3) is 83.3 Å². The van der Waals surface area contributed by atoms with Gasteiger partial charge in [0.25, 0.3) is 0 Å². The lowest BCUT2D eigenvalue weighted by Gasteiger charge is -2.27. The minimum atomic E-state index is 1.01. The molecule has 1 aliphatic heterocycles. The number of hydrogen-bond acceptors (Lipinski definition) is 3. The number of benzene rings is 7. The summed E-state index contributed by atoms with van der Waals surface area (Å²) in [7, 11) is 0. The first-order valence-electron chi connectivity index (χ1n) is 19.0. The lowest BCUT2D eigenvalue weighted by Crippen LogP contribution is -2.11. The Morgan fingerprint density at radius 3 is 1.86 bits per heavy atom. The van der Waals surface area contributed by atoms with Crippen molar-refractivity contribution in [3.63, 3.8) is 0 Å². The zero-order valence-electron chi connectivity index (χ0n) is 30.4. The first kappa shape index (κ1) is 31.9. The summed E-state index contributed by atoms with van der Waals surface area (Å²) in [4.78, 5) is 11.5. The summed E-state index contributed by atoms with van der Waals surface area (Å²) in [5.74, 6) is 0. The zero-order chi connectivity index (χ0) is 37.0. The summed E-state index contributed by atoms with van der Waals surface area (Å²) in [6.07, 6.45) is 5.60. The summed E-state index contributed by atoms with van der Waals surface area (Å²) in [6, 6.07) is 67.7. The van der Waals surface area contributed by atoms with Crippen molar-refractivity contribution in [2.45, 2.75) is 0 Å². The number of rotatable bonds is 5. The van der Waals surface area contributed by atoms with Gasteiger partial charge in [0.15, 0.2) is 0 Å². The number of pyridine rings is 2. The molecule has 10 aromatic rings. The molecule has 1 aliphatic rings. The molecule has 0 radical (unpaired) electrons. The molecule has 3 aromatic heterocycles. The Morgan fingerprint density at radius 1 is 0.411 bits per heavy atom. The fourth-order valence-electron chi connectivity index (χ4n) is 8.53. The molecule has 0 saturated carbocycles. The lowest BCUT2D eigenvalue weighted by atomic mass is 9.98. The van der Waals surface area contributed by atoms with E-state index < -0.39 is 0 Å². The third-order valence-corrected chi connectivity index (χ3v) is 11.1. The van der Waals surface area contributed by atoms with Gasteiger partial charge in [-0.25, -0.2) is 0 Å². The highest BCUT2D eigenvalue weighted by Crippen LogP contribution is 2.54. The Hall–Kier alpha value is -7.56. The molecule has 0 bridgehead atoms. The summed E-state index contributed by atoms with van der Waals surface area (Å²) in [6.45, 7) is 0. The van der Waals surface area contributed by atoms with Crippen molar-refractivity contribution in [2.75, 3.05) is 4.90 Å². The van der Waals surface area contributed by atoms with Crippen molar-refractivity contribution >= 4 is 38.9 Å². The average molecular weight is 715 g/mol. The minimum Gasteiger partial charge on any atom is -0.309 e. The fraction of sp³-hybridized carbons (Fsp3) is 0. The van der Waals surface area contributed by atoms with Crippen LogP contribution in [0.2, 0.25) is 0 Å². The van der Waals surface area contributed by atoms with Crippen LogP contribution in [-0.4, -0.2) is 14.5 Å². The normalized spacial score (nSPS) is 11.9. The first-order chi connectivity index (χ1) is 27.8. The van der Waals surface area contributed by atoms with E-state index in [1.807, 2.05) is 30.7 Å². The smallest absolute Gasteiger partial charge is 0.0780 e. The van der Waals surface area contributed by atoms with E-state index in [0.29, 0.717) is 0 Å². The number of fused-ring (bicyclic) bond motifs is 8. The van der Waals surface area contributed by atoms with Crippen molar-refractivity contribution in [1.82, 2.24) is 14.5 Å². The maximum atomic E-state index is 4.74. The predicted octanol–water partition coefficient (Wildman–Crippen LogP) is 13.7. The van der Waals surface area contributed by atoms with Crippen LogP contribution in [0.4, 0.5) is 17.1 Å². The molecule has 4 heteroatoms. The molecule has 0 atom stereocenters. The molecule has 0 aliphatic carbocycles. The van der Waals surface area contributed by atoms with Crippen molar-refractivity contribution in [2.24, 2.45) is 0 Å². The molecule has 0 fully saturated rings. The molecule has 11 rings (SSSR count). The van der Waals surface area contributed by atoms with E-state index in [4.69, 9.17) is 4.98 Å². The van der Waals surface area contributed by atoms with Gasteiger partial charge < -0.3 is 9.47 Å². The van der Waals surface area contributed by atoms with Gasteiger partial charge in [0.2, 0.25) is 0 Å². The SMILES string of the molecule is c1cncc(-c2cccc(-c3ccc(N4c5ccccc5-c5c(n(-c6ccc(-c7cccc8cccnc78)cc6)c6ccccc56)-c5ccccc54)cc3)c2)c1. The monoisotopic (exact) mass is 714 g/mol. The summed E-state index contributed by atoms with van der Waals surface area (Å²) >= 11 is 0. The molecule has 0 amide bonds. The average Bonchev–Trinajstić information content (AvgIpc) is 3.56. The maximum absolute atomic E-state index is 4.74. The van der Waals surface area contributed by atoms with Crippen LogP contribution >= 0.6 is 0 Å². The van der Waals surface area contributed by atoms with Gasteiger partial charge in [-0.1, -0.05) is 127 Å². The Morgan fingerprint density at radius 2 is 1.04 bits per heavy atom. The second-order valence-corrected chi connectivity index (χ2v) is 14.2. The van der Waals surface area contributed by atoms with Crippen molar-refractivity contribution in [1.29, 1.82) is 0 Å².